The Morgan fingerprint density at radius 3 is 2.54 bits per heavy atom. The molecule has 0 aromatic carbocycles. The van der Waals surface area contributed by atoms with Gasteiger partial charge in [-0.2, -0.15) is 4.79 Å². The summed E-state index contributed by atoms with van der Waals surface area (Å²) in [6.07, 6.45) is 2.91. The Balaban J connectivity index is 2.49. The summed E-state index contributed by atoms with van der Waals surface area (Å²) in [5.41, 5.74) is 8.10. The molecule has 0 aliphatic heterocycles. The summed E-state index contributed by atoms with van der Waals surface area (Å²) in [5, 5.41) is 0. The summed E-state index contributed by atoms with van der Waals surface area (Å²) in [5.74, 6) is -0.0936. The van der Waals surface area contributed by atoms with Crippen molar-refractivity contribution in [1.29, 1.82) is 0 Å². The highest BCUT2D eigenvalue weighted by Crippen LogP contribution is 2.44. The SMILES string of the molecule is [N-]=[N+]=C1C(=O)CCC12CCCC2=O. The summed E-state index contributed by atoms with van der Waals surface area (Å²) in [7, 11) is 0. The van der Waals surface area contributed by atoms with E-state index in [9.17, 15) is 9.59 Å². The van der Waals surface area contributed by atoms with Crippen LogP contribution in [-0.4, -0.2) is 22.1 Å². The number of carbonyl (C=O) groups excluding carboxylic acids is 2. The fourth-order valence-electron chi connectivity index (χ4n) is 2.43. The fourth-order valence-corrected chi connectivity index (χ4v) is 2.43. The van der Waals surface area contributed by atoms with E-state index in [0.717, 1.165) is 6.42 Å². The molecule has 0 bridgehead atoms. The average molecular weight is 178 g/mol. The topological polar surface area (TPSA) is 70.5 Å². The summed E-state index contributed by atoms with van der Waals surface area (Å²) < 4.78 is 0. The van der Waals surface area contributed by atoms with E-state index in [2.05, 4.69) is 4.79 Å². The van der Waals surface area contributed by atoms with Crippen LogP contribution >= 0.6 is 0 Å². The molecule has 0 aromatic rings. The summed E-state index contributed by atoms with van der Waals surface area (Å²) in [6, 6.07) is 0. The maximum Gasteiger partial charge on any atom is 0.347 e. The van der Waals surface area contributed by atoms with Gasteiger partial charge in [0.05, 0.1) is 0 Å². The van der Waals surface area contributed by atoms with Gasteiger partial charge in [0.2, 0.25) is 5.78 Å². The standard InChI is InChI=1S/C9H10N2O2/c10-11-8-6(12)3-5-9(8)4-1-2-7(9)13/h1-5H2. The molecule has 1 unspecified atom stereocenters. The van der Waals surface area contributed by atoms with Crippen molar-refractivity contribution in [3.63, 3.8) is 0 Å². The van der Waals surface area contributed by atoms with Crippen molar-refractivity contribution < 1.29 is 14.4 Å². The number of Topliss-reactive ketones (excluding diaryl/α,β-unsaturated/α-hetero) is 2. The van der Waals surface area contributed by atoms with E-state index >= 15 is 0 Å². The van der Waals surface area contributed by atoms with Crippen LogP contribution in [0, 0.1) is 5.41 Å². The minimum atomic E-state index is -0.703. The maximum atomic E-state index is 11.6. The molecular weight excluding hydrogens is 168 g/mol. The van der Waals surface area contributed by atoms with Crippen LogP contribution in [-0.2, 0) is 9.59 Å². The summed E-state index contributed by atoms with van der Waals surface area (Å²) in [6.45, 7) is 0. The highest BCUT2D eigenvalue weighted by molar-refractivity contribution is 6.45. The molecule has 2 aliphatic carbocycles. The van der Waals surface area contributed by atoms with Crippen molar-refractivity contribution in [3.05, 3.63) is 5.53 Å². The molecule has 13 heavy (non-hydrogen) atoms. The zero-order chi connectivity index (χ0) is 9.47. The molecule has 2 saturated carbocycles. The third kappa shape index (κ3) is 0.923. The van der Waals surface area contributed by atoms with E-state index in [1.807, 2.05) is 0 Å². The maximum absolute atomic E-state index is 11.6. The Bertz CT molecular complexity index is 342. The lowest BCUT2D eigenvalue weighted by Gasteiger charge is -2.12. The van der Waals surface area contributed by atoms with Gasteiger partial charge in [-0.25, -0.2) is 0 Å². The number of ketones is 2. The second-order valence-electron chi connectivity index (χ2n) is 3.73. The third-order valence-electron chi connectivity index (χ3n) is 3.14. The van der Waals surface area contributed by atoms with Gasteiger partial charge in [-0.05, 0) is 19.3 Å². The van der Waals surface area contributed by atoms with Crippen LogP contribution in [0.2, 0.25) is 0 Å². The molecule has 2 fully saturated rings. The molecule has 0 saturated heterocycles. The van der Waals surface area contributed by atoms with Crippen LogP contribution in [0.15, 0.2) is 0 Å². The second kappa shape index (κ2) is 2.60. The Morgan fingerprint density at radius 1 is 1.23 bits per heavy atom. The summed E-state index contributed by atoms with van der Waals surface area (Å²) >= 11 is 0. The van der Waals surface area contributed by atoms with Crippen LogP contribution in [0.1, 0.15) is 32.1 Å². The van der Waals surface area contributed by atoms with Crippen LogP contribution in [0.25, 0.3) is 5.53 Å². The third-order valence-corrected chi connectivity index (χ3v) is 3.14. The van der Waals surface area contributed by atoms with E-state index in [1.54, 1.807) is 0 Å². The minimum absolute atomic E-state index is 0.0751. The van der Waals surface area contributed by atoms with Gasteiger partial charge in [0.1, 0.15) is 5.41 Å². The Morgan fingerprint density at radius 2 is 2.00 bits per heavy atom. The minimum Gasteiger partial charge on any atom is -0.361 e. The second-order valence-corrected chi connectivity index (χ2v) is 3.73. The largest absolute Gasteiger partial charge is 0.361 e. The molecule has 4 heteroatoms. The molecule has 1 atom stereocenters. The summed E-state index contributed by atoms with van der Waals surface area (Å²) in [4.78, 5) is 25.8. The lowest BCUT2D eigenvalue weighted by molar-refractivity contribution is -0.125. The first-order valence-electron chi connectivity index (χ1n) is 4.50. The predicted octanol–water partition coefficient (Wildman–Crippen LogP) is 0.760. The van der Waals surface area contributed by atoms with Crippen LogP contribution in [0.3, 0.4) is 0 Å². The molecule has 0 heterocycles. The first-order valence-corrected chi connectivity index (χ1v) is 4.50. The van der Waals surface area contributed by atoms with Gasteiger partial charge in [0, 0.05) is 12.8 Å². The monoisotopic (exact) mass is 178 g/mol. The lowest BCUT2D eigenvalue weighted by Crippen LogP contribution is -2.33. The van der Waals surface area contributed by atoms with Crippen molar-refractivity contribution in [3.8, 4) is 0 Å². The van der Waals surface area contributed by atoms with E-state index in [0.29, 0.717) is 25.7 Å². The molecule has 2 rings (SSSR count). The van der Waals surface area contributed by atoms with E-state index in [1.165, 1.54) is 0 Å². The van der Waals surface area contributed by atoms with Crippen molar-refractivity contribution >= 4 is 17.3 Å². The first-order chi connectivity index (χ1) is 6.20. The quantitative estimate of drug-likeness (QED) is 0.406. The van der Waals surface area contributed by atoms with Crippen LogP contribution < -0.4 is 0 Å². The normalized spacial score (nSPS) is 33.1. The van der Waals surface area contributed by atoms with Crippen molar-refractivity contribution in [2.75, 3.05) is 0 Å². The number of rotatable bonds is 0. The van der Waals surface area contributed by atoms with Gasteiger partial charge in [0.15, 0.2) is 5.78 Å². The number of hydrogen-bond donors (Lipinski definition) is 0. The fraction of sp³-hybridized carbons (Fsp3) is 0.667. The van der Waals surface area contributed by atoms with Gasteiger partial charge < -0.3 is 5.53 Å². The number of nitrogens with zero attached hydrogens (tertiary/aromatic N) is 2. The molecule has 68 valence electrons. The van der Waals surface area contributed by atoms with Crippen molar-refractivity contribution in [1.82, 2.24) is 0 Å². The van der Waals surface area contributed by atoms with Crippen molar-refractivity contribution in [2.24, 2.45) is 5.41 Å². The Kier molecular flexibility index (Phi) is 1.67. The Hall–Kier alpha value is -1.28. The smallest absolute Gasteiger partial charge is 0.347 e. The van der Waals surface area contributed by atoms with Gasteiger partial charge >= 0.3 is 5.71 Å². The molecule has 0 radical (unpaired) electrons. The Labute approximate surface area is 75.6 Å². The van der Waals surface area contributed by atoms with Crippen LogP contribution in [0.4, 0.5) is 0 Å². The number of carbonyl (C=O) groups is 2. The molecule has 2 aliphatic rings. The van der Waals surface area contributed by atoms with Gasteiger partial charge in [-0.15, -0.1) is 0 Å². The molecule has 4 nitrogen and oxygen atoms in total. The van der Waals surface area contributed by atoms with E-state index in [4.69, 9.17) is 5.53 Å². The zero-order valence-electron chi connectivity index (χ0n) is 7.25. The van der Waals surface area contributed by atoms with Crippen molar-refractivity contribution in [2.45, 2.75) is 32.1 Å². The van der Waals surface area contributed by atoms with E-state index in [-0.39, 0.29) is 17.3 Å². The average Bonchev–Trinajstić information content (AvgIpc) is 2.61. The molecule has 0 N–H and O–H groups in total. The zero-order valence-corrected chi connectivity index (χ0v) is 7.25. The van der Waals surface area contributed by atoms with Gasteiger partial charge in [0.25, 0.3) is 0 Å². The number of hydrogen-bond acceptors (Lipinski definition) is 2. The van der Waals surface area contributed by atoms with Gasteiger partial charge in [-0.3, -0.25) is 9.59 Å². The molecule has 1 spiro atoms. The first kappa shape index (κ1) is 8.32. The molecular formula is C9H10N2O2. The van der Waals surface area contributed by atoms with Crippen LogP contribution in [0.5, 0.6) is 0 Å². The molecule has 0 amide bonds. The van der Waals surface area contributed by atoms with E-state index < -0.39 is 5.41 Å². The highest BCUT2D eigenvalue weighted by Gasteiger charge is 2.58. The van der Waals surface area contributed by atoms with Gasteiger partial charge in [-0.1, -0.05) is 0 Å². The highest BCUT2D eigenvalue weighted by atomic mass is 16.1. The molecule has 0 aromatic heterocycles. The predicted molar refractivity (Wildman–Crippen MR) is 44.2 cm³/mol. The lowest BCUT2D eigenvalue weighted by atomic mass is 9.82.